The number of aromatic nitrogens is 5. The van der Waals surface area contributed by atoms with Crippen LogP contribution in [0.5, 0.6) is 0 Å². The van der Waals surface area contributed by atoms with Crippen molar-refractivity contribution in [3.8, 4) is 5.69 Å². The van der Waals surface area contributed by atoms with Crippen molar-refractivity contribution in [3.05, 3.63) is 29.7 Å². The summed E-state index contributed by atoms with van der Waals surface area (Å²) in [6.07, 6.45) is 5.01. The van der Waals surface area contributed by atoms with E-state index in [4.69, 9.17) is 16.7 Å². The summed E-state index contributed by atoms with van der Waals surface area (Å²) in [5, 5.41) is 14.0. The normalized spacial score (nSPS) is 11.1. The van der Waals surface area contributed by atoms with Crippen molar-refractivity contribution in [2.45, 2.75) is 5.16 Å². The standard InChI is InChI=1S/C12H10ClN5O2S/c1-17-5-8(4-15-17)18-11-9(2-7(13)3-14-11)16-12(18)21-6-10(19)20/h2-5H,6H2,1H3,(H,19,20). The van der Waals surface area contributed by atoms with Crippen LogP contribution in [0.25, 0.3) is 16.9 Å². The molecule has 3 rings (SSSR count). The molecular weight excluding hydrogens is 314 g/mol. The number of hydrogen-bond donors (Lipinski definition) is 1. The van der Waals surface area contributed by atoms with Crippen LogP contribution in [0.3, 0.4) is 0 Å². The average molecular weight is 324 g/mol. The van der Waals surface area contributed by atoms with Gasteiger partial charge in [0.2, 0.25) is 0 Å². The molecule has 3 aromatic heterocycles. The van der Waals surface area contributed by atoms with Gasteiger partial charge in [-0.15, -0.1) is 0 Å². The van der Waals surface area contributed by atoms with Crippen LogP contribution < -0.4 is 0 Å². The lowest BCUT2D eigenvalue weighted by Crippen LogP contribution is -2.01. The Morgan fingerprint density at radius 3 is 2.95 bits per heavy atom. The van der Waals surface area contributed by atoms with Crippen LogP contribution in [0.1, 0.15) is 0 Å². The van der Waals surface area contributed by atoms with E-state index < -0.39 is 5.97 Å². The highest BCUT2D eigenvalue weighted by molar-refractivity contribution is 7.99. The molecule has 0 spiro atoms. The zero-order valence-corrected chi connectivity index (χ0v) is 12.5. The highest BCUT2D eigenvalue weighted by Gasteiger charge is 2.16. The minimum Gasteiger partial charge on any atom is -0.481 e. The van der Waals surface area contributed by atoms with E-state index in [0.717, 1.165) is 17.4 Å². The monoisotopic (exact) mass is 323 g/mol. The van der Waals surface area contributed by atoms with Crippen LogP contribution >= 0.6 is 23.4 Å². The zero-order chi connectivity index (χ0) is 15.0. The number of imidazole rings is 1. The van der Waals surface area contributed by atoms with Crippen molar-refractivity contribution in [2.75, 3.05) is 5.75 Å². The second-order valence-corrected chi connectivity index (χ2v) is 5.66. The smallest absolute Gasteiger partial charge is 0.313 e. The molecule has 0 aliphatic heterocycles. The number of carbonyl (C=O) groups is 1. The largest absolute Gasteiger partial charge is 0.481 e. The van der Waals surface area contributed by atoms with Crippen molar-refractivity contribution in [2.24, 2.45) is 7.05 Å². The SMILES string of the molecule is Cn1cc(-n2c(SCC(=O)O)nc3cc(Cl)cnc32)cn1. The zero-order valence-electron chi connectivity index (χ0n) is 10.9. The first kappa shape index (κ1) is 13.9. The molecule has 21 heavy (non-hydrogen) atoms. The predicted octanol–water partition coefficient (Wildman–Crippen LogP) is 1.98. The van der Waals surface area contributed by atoms with Crippen molar-refractivity contribution in [1.29, 1.82) is 0 Å². The van der Waals surface area contributed by atoms with E-state index in [1.165, 1.54) is 6.20 Å². The van der Waals surface area contributed by atoms with Crippen molar-refractivity contribution >= 4 is 40.5 Å². The van der Waals surface area contributed by atoms with E-state index in [1.54, 1.807) is 28.6 Å². The first-order valence-electron chi connectivity index (χ1n) is 5.92. The second-order valence-electron chi connectivity index (χ2n) is 4.28. The number of nitrogens with zero attached hydrogens (tertiary/aromatic N) is 5. The number of carboxylic acid groups (broad SMARTS) is 1. The molecule has 0 radical (unpaired) electrons. The fourth-order valence-electron chi connectivity index (χ4n) is 1.90. The lowest BCUT2D eigenvalue weighted by molar-refractivity contribution is -0.133. The molecule has 108 valence electrons. The molecule has 0 bridgehead atoms. The quantitative estimate of drug-likeness (QED) is 0.739. The fourth-order valence-corrected chi connectivity index (χ4v) is 2.79. The molecule has 0 saturated heterocycles. The van der Waals surface area contributed by atoms with Crippen LogP contribution in [-0.4, -0.2) is 41.1 Å². The molecule has 3 aromatic rings. The van der Waals surface area contributed by atoms with E-state index in [1.807, 2.05) is 6.20 Å². The molecular formula is C12H10ClN5O2S. The number of halogens is 1. The van der Waals surface area contributed by atoms with Crippen LogP contribution in [0.15, 0.2) is 29.8 Å². The Morgan fingerprint density at radius 2 is 2.29 bits per heavy atom. The van der Waals surface area contributed by atoms with E-state index in [0.29, 0.717) is 21.3 Å². The third-order valence-corrected chi connectivity index (χ3v) is 3.84. The van der Waals surface area contributed by atoms with E-state index >= 15 is 0 Å². The van der Waals surface area contributed by atoms with Gasteiger partial charge in [0.15, 0.2) is 10.8 Å². The third kappa shape index (κ3) is 2.72. The first-order valence-corrected chi connectivity index (χ1v) is 7.28. The Labute approximate surface area is 128 Å². The van der Waals surface area contributed by atoms with Gasteiger partial charge in [0.05, 0.1) is 22.7 Å². The number of aryl methyl sites for hydroxylation is 1. The van der Waals surface area contributed by atoms with E-state index in [-0.39, 0.29) is 5.75 Å². The molecule has 0 fully saturated rings. The number of pyridine rings is 1. The lowest BCUT2D eigenvalue weighted by atomic mass is 10.4. The summed E-state index contributed by atoms with van der Waals surface area (Å²) in [6, 6.07) is 1.70. The summed E-state index contributed by atoms with van der Waals surface area (Å²) in [4.78, 5) is 19.5. The van der Waals surface area contributed by atoms with Crippen molar-refractivity contribution in [1.82, 2.24) is 24.3 Å². The molecule has 0 atom stereocenters. The van der Waals surface area contributed by atoms with Gasteiger partial charge in [0.25, 0.3) is 0 Å². The van der Waals surface area contributed by atoms with Crippen LogP contribution in [-0.2, 0) is 11.8 Å². The topological polar surface area (TPSA) is 85.8 Å². The van der Waals surface area contributed by atoms with Gasteiger partial charge >= 0.3 is 5.97 Å². The number of fused-ring (bicyclic) bond motifs is 1. The number of aliphatic carboxylic acids is 1. The fraction of sp³-hybridized carbons (Fsp3) is 0.167. The van der Waals surface area contributed by atoms with Gasteiger partial charge in [-0.05, 0) is 6.07 Å². The third-order valence-electron chi connectivity index (χ3n) is 2.71. The van der Waals surface area contributed by atoms with Crippen LogP contribution in [0.2, 0.25) is 5.02 Å². The molecule has 7 nitrogen and oxygen atoms in total. The number of carboxylic acids is 1. The summed E-state index contributed by atoms with van der Waals surface area (Å²) >= 11 is 7.05. The maximum Gasteiger partial charge on any atom is 0.313 e. The first-order chi connectivity index (χ1) is 10.0. The summed E-state index contributed by atoms with van der Waals surface area (Å²) in [5.41, 5.74) is 1.99. The van der Waals surface area contributed by atoms with E-state index in [2.05, 4.69) is 15.1 Å². The molecule has 0 unspecified atom stereocenters. The van der Waals surface area contributed by atoms with Gasteiger partial charge in [0.1, 0.15) is 5.52 Å². The highest BCUT2D eigenvalue weighted by Crippen LogP contribution is 2.27. The lowest BCUT2D eigenvalue weighted by Gasteiger charge is -2.04. The molecule has 9 heteroatoms. The van der Waals surface area contributed by atoms with Crippen molar-refractivity contribution < 1.29 is 9.90 Å². The Morgan fingerprint density at radius 1 is 1.48 bits per heavy atom. The predicted molar refractivity (Wildman–Crippen MR) is 79.0 cm³/mol. The molecule has 3 heterocycles. The summed E-state index contributed by atoms with van der Waals surface area (Å²) in [6.45, 7) is 0. The minimum atomic E-state index is -0.907. The minimum absolute atomic E-state index is 0.0860. The molecule has 1 N–H and O–H groups in total. The molecule has 0 amide bonds. The van der Waals surface area contributed by atoms with Gasteiger partial charge < -0.3 is 5.11 Å². The Balaban J connectivity index is 2.17. The van der Waals surface area contributed by atoms with Gasteiger partial charge in [-0.1, -0.05) is 23.4 Å². The summed E-state index contributed by atoms with van der Waals surface area (Å²) in [7, 11) is 1.80. The maximum absolute atomic E-state index is 10.8. The number of hydrogen-bond acceptors (Lipinski definition) is 5. The van der Waals surface area contributed by atoms with Crippen LogP contribution in [0, 0.1) is 0 Å². The van der Waals surface area contributed by atoms with Gasteiger partial charge in [0, 0.05) is 19.4 Å². The number of thioether (sulfide) groups is 1. The molecule has 0 aromatic carbocycles. The van der Waals surface area contributed by atoms with E-state index in [9.17, 15) is 4.79 Å². The molecule has 0 aliphatic rings. The van der Waals surface area contributed by atoms with Gasteiger partial charge in [-0.2, -0.15) is 5.10 Å². The molecule has 0 aliphatic carbocycles. The summed E-state index contributed by atoms with van der Waals surface area (Å²) in [5.74, 6) is -0.993. The molecule has 0 saturated carbocycles. The summed E-state index contributed by atoms with van der Waals surface area (Å²) < 4.78 is 3.43. The average Bonchev–Trinajstić information content (AvgIpc) is 2.98. The Hall–Kier alpha value is -2.06. The Bertz CT molecular complexity index is 828. The van der Waals surface area contributed by atoms with Crippen LogP contribution in [0.4, 0.5) is 0 Å². The van der Waals surface area contributed by atoms with Gasteiger partial charge in [-0.3, -0.25) is 14.0 Å². The Kier molecular flexibility index (Phi) is 3.56. The van der Waals surface area contributed by atoms with Gasteiger partial charge in [-0.25, -0.2) is 9.97 Å². The van der Waals surface area contributed by atoms with Crippen molar-refractivity contribution in [3.63, 3.8) is 0 Å². The second kappa shape index (κ2) is 5.38. The number of rotatable bonds is 4. The maximum atomic E-state index is 10.8. The highest BCUT2D eigenvalue weighted by atomic mass is 35.5.